The van der Waals surface area contributed by atoms with Crippen molar-refractivity contribution in [3.8, 4) is 89.0 Å². The second-order valence-electron chi connectivity index (χ2n) is 30.3. The summed E-state index contributed by atoms with van der Waals surface area (Å²) in [6.07, 6.45) is 0. The maximum absolute atomic E-state index is 2.47. The Labute approximate surface area is 647 Å². The van der Waals surface area contributed by atoms with Crippen molar-refractivity contribution in [3.05, 3.63) is 413 Å². The minimum Gasteiger partial charge on any atom is -0.0622 e. The predicted octanol–water partition coefficient (Wildman–Crippen LogP) is 31.7. The quantitative estimate of drug-likeness (QED) is 0.105. The van der Waals surface area contributed by atoms with Crippen molar-refractivity contribution < 1.29 is 0 Å². The van der Waals surface area contributed by atoms with Crippen molar-refractivity contribution in [3.63, 3.8) is 0 Å². The Bertz CT molecular complexity index is 7840. The van der Waals surface area contributed by atoms with Crippen molar-refractivity contribution in [2.24, 2.45) is 0 Å². The van der Waals surface area contributed by atoms with Crippen LogP contribution in [0.2, 0.25) is 0 Å². The molecule has 0 unspecified atom stereocenters. The number of hydrogen-bond donors (Lipinski definition) is 0. The van der Waals surface area contributed by atoms with Crippen LogP contribution in [0, 0.1) is 0 Å². The molecule has 0 saturated heterocycles. The number of rotatable bonds is 8. The van der Waals surface area contributed by atoms with Crippen LogP contribution in [0.25, 0.3) is 240 Å². The van der Waals surface area contributed by atoms with Gasteiger partial charge in [-0.05, 0) is 264 Å². The van der Waals surface area contributed by atoms with E-state index in [-0.39, 0.29) is 0 Å². The fourth-order valence-corrected chi connectivity index (χ4v) is 19.3. The third kappa shape index (κ3) is 10.0. The molecule has 516 valence electrons. The Balaban J connectivity index is 0.000000134. The lowest BCUT2D eigenvalue weighted by Crippen LogP contribution is -1.93. The molecule has 0 aromatic heterocycles. The highest BCUT2D eigenvalue weighted by Crippen LogP contribution is 2.52. The van der Waals surface area contributed by atoms with Crippen LogP contribution in [0.1, 0.15) is 0 Å². The smallest absolute Gasteiger partial charge is 0.00201 e. The van der Waals surface area contributed by atoms with E-state index in [4.69, 9.17) is 0 Å². The Hall–Kier alpha value is -14.6. The standard InChI is InChI=1S/C58H36.C54H32/c1-3-12-37(13-4-1)39-24-28-42(29-25-39)56-47-18-7-8-19-48(47)57(43-30-26-40(27-31-43)38-14-5-2-6-15-38)54-36-44(32-33-53(54)56)45-34-35-52-50-21-10-17-41-16-9-20-49(55(41)50)51-23-11-22-46(45)58(51)52;1-3-12-36-30-39(24-22-33(36)10-1)52-43-16-5-6-17-44(43)53(40-25-23-34-11-2-4-13-37(34)31-40)50-32-38(26-27-49(50)52)41-28-29-48-46-19-8-15-35-14-7-18-45(51(35)46)47-21-9-20-42(41)54(47)48/h1-36H;1-32H. The second-order valence-corrected chi connectivity index (χ2v) is 30.3. The molecule has 24 aromatic rings. The van der Waals surface area contributed by atoms with Gasteiger partial charge in [-0.2, -0.15) is 0 Å². The number of benzene rings is 24. The molecule has 24 aromatic carbocycles. The third-order valence-corrected chi connectivity index (χ3v) is 24.4. The molecule has 112 heavy (non-hydrogen) atoms. The highest BCUT2D eigenvalue weighted by molar-refractivity contribution is 6.36. The summed E-state index contributed by atoms with van der Waals surface area (Å²) in [4.78, 5) is 0. The molecule has 0 heterocycles. The maximum Gasteiger partial charge on any atom is -0.00201 e. The minimum absolute atomic E-state index is 1.21. The van der Waals surface area contributed by atoms with Crippen molar-refractivity contribution in [1.29, 1.82) is 0 Å². The molecular formula is C112H68. The first-order valence-electron chi connectivity index (χ1n) is 39.0. The molecule has 0 fully saturated rings. The molecule has 0 aliphatic carbocycles. The third-order valence-electron chi connectivity index (χ3n) is 24.4. The van der Waals surface area contributed by atoms with E-state index in [1.165, 1.54) is 240 Å². The monoisotopic (exact) mass is 1410 g/mol. The minimum atomic E-state index is 1.21. The van der Waals surface area contributed by atoms with E-state index in [0.29, 0.717) is 0 Å². The zero-order chi connectivity index (χ0) is 73.5. The van der Waals surface area contributed by atoms with Crippen LogP contribution >= 0.6 is 0 Å². The summed E-state index contributed by atoms with van der Waals surface area (Å²) >= 11 is 0. The number of hydrogen-bond acceptors (Lipinski definition) is 0. The van der Waals surface area contributed by atoms with Gasteiger partial charge in [-0.25, -0.2) is 0 Å². The van der Waals surface area contributed by atoms with E-state index < -0.39 is 0 Å². The Kier molecular flexibility index (Phi) is 14.5. The van der Waals surface area contributed by atoms with Crippen molar-refractivity contribution >= 4 is 151 Å². The van der Waals surface area contributed by atoms with Crippen molar-refractivity contribution in [2.45, 2.75) is 0 Å². The summed E-state index contributed by atoms with van der Waals surface area (Å²) in [6.45, 7) is 0. The molecular weight excluding hydrogens is 1350 g/mol. The molecule has 0 spiro atoms. The average molecular weight is 1410 g/mol. The molecule has 0 radical (unpaired) electrons. The molecule has 0 bridgehead atoms. The van der Waals surface area contributed by atoms with Gasteiger partial charge >= 0.3 is 0 Å². The Morgan fingerprint density at radius 3 is 0.741 bits per heavy atom. The molecule has 0 amide bonds. The van der Waals surface area contributed by atoms with Gasteiger partial charge in [-0.1, -0.05) is 388 Å². The first-order chi connectivity index (χ1) is 55.6. The first-order valence-corrected chi connectivity index (χ1v) is 39.0. The molecule has 0 N–H and O–H groups in total. The zero-order valence-electron chi connectivity index (χ0n) is 61.3. The number of fused-ring (bicyclic) bond motifs is 10. The lowest BCUT2D eigenvalue weighted by Gasteiger charge is -2.20. The lowest BCUT2D eigenvalue weighted by atomic mass is 9.83. The van der Waals surface area contributed by atoms with Crippen LogP contribution in [-0.4, -0.2) is 0 Å². The van der Waals surface area contributed by atoms with E-state index >= 15 is 0 Å². The normalized spacial score (nSPS) is 11.9. The highest BCUT2D eigenvalue weighted by atomic mass is 14.3. The molecule has 0 aliphatic heterocycles. The summed E-state index contributed by atoms with van der Waals surface area (Å²) in [5, 5.41) is 36.2. The molecule has 0 saturated carbocycles. The van der Waals surface area contributed by atoms with Crippen LogP contribution in [0.3, 0.4) is 0 Å². The summed E-state index contributed by atoms with van der Waals surface area (Å²) in [7, 11) is 0. The fourth-order valence-electron chi connectivity index (χ4n) is 19.3. The topological polar surface area (TPSA) is 0 Å². The molecule has 0 aliphatic rings. The van der Waals surface area contributed by atoms with Crippen molar-refractivity contribution in [1.82, 2.24) is 0 Å². The van der Waals surface area contributed by atoms with E-state index in [0.717, 1.165) is 0 Å². The Morgan fingerprint density at radius 2 is 0.339 bits per heavy atom. The van der Waals surface area contributed by atoms with Crippen molar-refractivity contribution in [2.75, 3.05) is 0 Å². The average Bonchev–Trinajstić information content (AvgIpc) is 0.721. The van der Waals surface area contributed by atoms with Gasteiger partial charge in [0.25, 0.3) is 0 Å². The van der Waals surface area contributed by atoms with E-state index in [2.05, 4.69) is 413 Å². The molecule has 0 heteroatoms. The molecule has 0 atom stereocenters. The summed E-state index contributed by atoms with van der Waals surface area (Å²) < 4.78 is 0. The van der Waals surface area contributed by atoms with E-state index in [1.54, 1.807) is 0 Å². The molecule has 24 rings (SSSR count). The van der Waals surface area contributed by atoms with Gasteiger partial charge in [0.15, 0.2) is 0 Å². The van der Waals surface area contributed by atoms with Crippen LogP contribution in [0.15, 0.2) is 413 Å². The zero-order valence-corrected chi connectivity index (χ0v) is 61.3. The van der Waals surface area contributed by atoms with Crippen LogP contribution in [0.5, 0.6) is 0 Å². The maximum atomic E-state index is 2.47. The first kappa shape index (κ1) is 63.5. The largest absolute Gasteiger partial charge is 0.0622 e. The highest BCUT2D eigenvalue weighted by Gasteiger charge is 2.24. The van der Waals surface area contributed by atoms with Gasteiger partial charge in [0.1, 0.15) is 0 Å². The van der Waals surface area contributed by atoms with Gasteiger partial charge in [0.2, 0.25) is 0 Å². The van der Waals surface area contributed by atoms with Gasteiger partial charge in [-0.15, -0.1) is 0 Å². The van der Waals surface area contributed by atoms with Gasteiger partial charge < -0.3 is 0 Å². The SMILES string of the molecule is c1ccc(-c2ccc(-c3c4ccccc4c(-c4ccc(-c5ccccc5)cc4)c4cc(-c5ccc6c7cccc8cccc(c9cccc5c96)c87)ccc34)cc2)cc1.c1ccc2cc(-c3c4ccccc4c(-c4ccc5ccccc5c4)c4cc(-c5ccc6c7cccc8cccc(c9cccc5c96)c87)ccc34)ccc2c1. The predicted molar refractivity (Wildman–Crippen MR) is 484 cm³/mol. The van der Waals surface area contributed by atoms with Crippen LogP contribution in [0.4, 0.5) is 0 Å². The van der Waals surface area contributed by atoms with Gasteiger partial charge in [0, 0.05) is 0 Å². The lowest BCUT2D eigenvalue weighted by molar-refractivity contribution is 1.60. The second kappa shape index (κ2) is 25.5. The van der Waals surface area contributed by atoms with E-state index in [1.807, 2.05) is 0 Å². The molecule has 0 nitrogen and oxygen atoms in total. The van der Waals surface area contributed by atoms with Gasteiger partial charge in [0.05, 0.1) is 0 Å². The van der Waals surface area contributed by atoms with Gasteiger partial charge in [-0.3, -0.25) is 0 Å². The summed E-state index contributed by atoms with van der Waals surface area (Å²) in [5.41, 5.74) is 19.8. The fraction of sp³-hybridized carbons (Fsp3) is 0. The van der Waals surface area contributed by atoms with Crippen LogP contribution < -0.4 is 0 Å². The van der Waals surface area contributed by atoms with E-state index in [9.17, 15) is 0 Å². The Morgan fingerprint density at radius 1 is 0.0982 bits per heavy atom. The summed E-state index contributed by atoms with van der Waals surface area (Å²) in [6, 6.07) is 153. The summed E-state index contributed by atoms with van der Waals surface area (Å²) in [5.74, 6) is 0. The van der Waals surface area contributed by atoms with Crippen LogP contribution in [-0.2, 0) is 0 Å².